The molecule has 0 fully saturated rings. The molecule has 0 bridgehead atoms. The topological polar surface area (TPSA) is 46.5 Å². The number of ether oxygens (including phenoxy) is 1. The van der Waals surface area contributed by atoms with Crippen LogP contribution in [0.3, 0.4) is 0 Å². The Hall–Kier alpha value is -1.51. The first-order valence-electron chi connectivity index (χ1n) is 6.46. The van der Waals surface area contributed by atoms with Gasteiger partial charge in [0.25, 0.3) is 0 Å². The molecule has 1 rings (SSSR count). The third-order valence-corrected chi connectivity index (χ3v) is 3.04. The Balaban J connectivity index is 3.23. The van der Waals surface area contributed by atoms with Gasteiger partial charge in [-0.3, -0.25) is 4.79 Å². The number of rotatable bonds is 5. The second kappa shape index (κ2) is 5.25. The van der Waals surface area contributed by atoms with E-state index in [-0.39, 0.29) is 12.2 Å². The number of alkyl halides is 6. The molecule has 9 heteroatoms. The molecule has 1 N–H and O–H groups in total. The van der Waals surface area contributed by atoms with Crippen LogP contribution >= 0.6 is 0 Å². The maximum Gasteiger partial charge on any atom is 0.383 e. The zero-order valence-corrected chi connectivity index (χ0v) is 12.8. The molecule has 0 radical (unpaired) electrons. The molecule has 0 aromatic carbocycles. The summed E-state index contributed by atoms with van der Waals surface area (Å²) in [7, 11) is 0. The smallest absolute Gasteiger partial charge is 0.383 e. The molecule has 1 aliphatic rings. The molecule has 1 aliphatic heterocycles. The fraction of sp³-hybridized carbons (Fsp3) is 0.643. The van der Waals surface area contributed by atoms with Crippen molar-refractivity contribution in [1.29, 1.82) is 0 Å². The summed E-state index contributed by atoms with van der Waals surface area (Å²) < 4.78 is 86.8. The van der Waals surface area contributed by atoms with Crippen molar-refractivity contribution in [2.45, 2.75) is 56.7 Å². The molecule has 23 heavy (non-hydrogen) atoms. The average molecular weight is 346 g/mol. The first kappa shape index (κ1) is 19.5. The van der Waals surface area contributed by atoms with Crippen LogP contribution in [0.4, 0.5) is 26.3 Å². The molecule has 132 valence electrons. The van der Waals surface area contributed by atoms with E-state index in [1.165, 1.54) is 0 Å². The lowest BCUT2D eigenvalue weighted by molar-refractivity contribution is -0.289. The van der Waals surface area contributed by atoms with E-state index in [4.69, 9.17) is 0 Å². The number of allylic oxidation sites excluding steroid dienone is 2. The van der Waals surface area contributed by atoms with Gasteiger partial charge in [-0.15, -0.1) is 0 Å². The lowest BCUT2D eigenvalue weighted by Crippen LogP contribution is -2.54. The van der Waals surface area contributed by atoms with Crippen molar-refractivity contribution in [3.05, 3.63) is 24.0 Å². The van der Waals surface area contributed by atoms with Gasteiger partial charge in [0, 0.05) is 6.08 Å². The number of aliphatic hydroxyl groups is 1. The Labute approximate surface area is 128 Å². The lowest BCUT2D eigenvalue weighted by atomic mass is 9.99. The van der Waals surface area contributed by atoms with Crippen molar-refractivity contribution in [3.63, 3.8) is 0 Å². The highest BCUT2D eigenvalue weighted by atomic mass is 19.3. The molecule has 3 nitrogen and oxygen atoms in total. The summed E-state index contributed by atoms with van der Waals surface area (Å²) in [6.45, 7) is 4.08. The lowest BCUT2D eigenvalue weighted by Gasteiger charge is -2.32. The van der Waals surface area contributed by atoms with Gasteiger partial charge < -0.3 is 9.84 Å². The number of halogens is 6. The molecule has 0 unspecified atom stereocenters. The molecular weight excluding hydrogens is 330 g/mol. The highest BCUT2D eigenvalue weighted by Gasteiger charge is 2.74. The van der Waals surface area contributed by atoms with E-state index < -0.39 is 46.6 Å². The van der Waals surface area contributed by atoms with Crippen LogP contribution in [0.5, 0.6) is 0 Å². The van der Waals surface area contributed by atoms with Gasteiger partial charge in [-0.05, 0) is 33.8 Å². The number of carbonyl (C=O) groups excluding carboxylic acids is 1. The number of ketones is 1. The van der Waals surface area contributed by atoms with Crippen molar-refractivity contribution in [2.24, 2.45) is 0 Å². The molecule has 0 aliphatic carbocycles. The second-order valence-corrected chi connectivity index (χ2v) is 6.24. The molecule has 0 saturated carbocycles. The summed E-state index contributed by atoms with van der Waals surface area (Å²) >= 11 is 0. The first-order chi connectivity index (χ1) is 9.94. The van der Waals surface area contributed by atoms with E-state index in [1.54, 1.807) is 0 Å². The van der Waals surface area contributed by atoms with E-state index in [0.29, 0.717) is 0 Å². The SMILES string of the molecule is CC(C)(O)/C=C/C(F)(F)C(F)(F)C(F)(F)C1=CC(=O)C(C)(C)O1. The Bertz CT molecular complexity index is 555. The van der Waals surface area contributed by atoms with Crippen LogP contribution in [0.15, 0.2) is 24.0 Å². The Kier molecular flexibility index (Phi) is 4.46. The largest absolute Gasteiger partial charge is 0.477 e. The van der Waals surface area contributed by atoms with Gasteiger partial charge in [0.1, 0.15) is 0 Å². The maximum atomic E-state index is 13.9. The predicted octanol–water partition coefficient (Wildman–Crippen LogP) is 3.48. The summed E-state index contributed by atoms with van der Waals surface area (Å²) in [4.78, 5) is 11.4. The van der Waals surface area contributed by atoms with E-state index in [0.717, 1.165) is 27.7 Å². The third-order valence-electron chi connectivity index (χ3n) is 3.04. The minimum atomic E-state index is -5.88. The molecule has 0 amide bonds. The van der Waals surface area contributed by atoms with Crippen LogP contribution in [0.25, 0.3) is 0 Å². The highest BCUT2D eigenvalue weighted by Crippen LogP contribution is 2.51. The number of hydrogen-bond donors (Lipinski definition) is 1. The fourth-order valence-corrected chi connectivity index (χ4v) is 1.58. The molecular formula is C14H16F6O3. The predicted molar refractivity (Wildman–Crippen MR) is 68.5 cm³/mol. The average Bonchev–Trinajstić information content (AvgIpc) is 2.61. The number of carbonyl (C=O) groups is 1. The van der Waals surface area contributed by atoms with Crippen molar-refractivity contribution >= 4 is 5.78 Å². The second-order valence-electron chi connectivity index (χ2n) is 6.24. The van der Waals surface area contributed by atoms with E-state index in [9.17, 15) is 36.2 Å². The molecule has 1 heterocycles. The van der Waals surface area contributed by atoms with Crippen LogP contribution in [-0.2, 0) is 9.53 Å². The minimum absolute atomic E-state index is 0.0870. The quantitative estimate of drug-likeness (QED) is 0.612. The van der Waals surface area contributed by atoms with Gasteiger partial charge in [0.05, 0.1) is 5.60 Å². The highest BCUT2D eigenvalue weighted by molar-refractivity contribution is 5.99. The summed E-state index contributed by atoms with van der Waals surface area (Å²) in [5.74, 6) is -19.5. The van der Waals surface area contributed by atoms with Crippen molar-refractivity contribution in [1.82, 2.24) is 0 Å². The van der Waals surface area contributed by atoms with Crippen LogP contribution in [-0.4, -0.2) is 39.9 Å². The number of hydrogen-bond acceptors (Lipinski definition) is 3. The molecule has 0 spiro atoms. The van der Waals surface area contributed by atoms with E-state index >= 15 is 0 Å². The van der Waals surface area contributed by atoms with E-state index in [2.05, 4.69) is 4.74 Å². The monoisotopic (exact) mass is 346 g/mol. The van der Waals surface area contributed by atoms with Gasteiger partial charge in [-0.25, -0.2) is 0 Å². The van der Waals surface area contributed by atoms with Gasteiger partial charge in [-0.2, -0.15) is 26.3 Å². The molecule has 0 atom stereocenters. The maximum absolute atomic E-state index is 13.9. The molecule has 0 aromatic heterocycles. The van der Waals surface area contributed by atoms with Crippen LogP contribution < -0.4 is 0 Å². The summed E-state index contributed by atoms with van der Waals surface area (Å²) in [6, 6.07) is 0. The Morgan fingerprint density at radius 2 is 1.57 bits per heavy atom. The van der Waals surface area contributed by atoms with E-state index in [1.807, 2.05) is 0 Å². The Morgan fingerprint density at radius 3 is 1.91 bits per heavy atom. The van der Waals surface area contributed by atoms with Crippen molar-refractivity contribution in [2.75, 3.05) is 0 Å². The summed E-state index contributed by atoms with van der Waals surface area (Å²) in [6.07, 6.45) is -0.136. The van der Waals surface area contributed by atoms with Crippen LogP contribution in [0, 0.1) is 0 Å². The van der Waals surface area contributed by atoms with Gasteiger partial charge in [0.2, 0.25) is 5.78 Å². The van der Waals surface area contributed by atoms with Gasteiger partial charge in [0.15, 0.2) is 11.4 Å². The van der Waals surface area contributed by atoms with Gasteiger partial charge >= 0.3 is 17.8 Å². The normalized spacial score (nSPS) is 20.0. The fourth-order valence-electron chi connectivity index (χ4n) is 1.58. The van der Waals surface area contributed by atoms with Crippen LogP contribution in [0.2, 0.25) is 0 Å². The first-order valence-corrected chi connectivity index (χ1v) is 6.46. The minimum Gasteiger partial charge on any atom is -0.477 e. The summed E-state index contributed by atoms with van der Waals surface area (Å²) in [5.41, 5.74) is -3.75. The molecule has 0 aromatic rings. The third kappa shape index (κ3) is 3.54. The van der Waals surface area contributed by atoms with Crippen molar-refractivity contribution in [3.8, 4) is 0 Å². The standard InChI is InChI=1S/C14H16F6O3/c1-10(2,22)5-6-12(15,16)14(19,20)13(17,18)9-7-8(21)11(3,4)23-9/h5-7,22H,1-4H3/b6-5+. The summed E-state index contributed by atoms with van der Waals surface area (Å²) in [5, 5.41) is 9.23. The zero-order chi connectivity index (χ0) is 18.5. The molecule has 0 saturated heterocycles. The zero-order valence-electron chi connectivity index (χ0n) is 12.8. The van der Waals surface area contributed by atoms with Crippen LogP contribution in [0.1, 0.15) is 27.7 Å². The Morgan fingerprint density at radius 1 is 1.09 bits per heavy atom. The van der Waals surface area contributed by atoms with Crippen molar-refractivity contribution < 1.29 is 41.0 Å². The van der Waals surface area contributed by atoms with Gasteiger partial charge in [-0.1, -0.05) is 6.08 Å².